The number of nitrogens with zero attached hydrogens (tertiary/aromatic N) is 2. The maximum absolute atomic E-state index is 11.1. The third-order valence-corrected chi connectivity index (χ3v) is 7.49. The number of carbonyl (C=O) groups is 1. The molecule has 0 unspecified atom stereocenters. The number of nitrogens with two attached hydrogens (primary N) is 1. The van der Waals surface area contributed by atoms with E-state index in [9.17, 15) is 4.79 Å². The van der Waals surface area contributed by atoms with E-state index in [0.29, 0.717) is 12.4 Å². The monoisotopic (exact) mass is 504 g/mol. The van der Waals surface area contributed by atoms with E-state index in [1.807, 2.05) is 49.4 Å². The Kier molecular flexibility index (Phi) is 7.02. The van der Waals surface area contributed by atoms with Crippen molar-refractivity contribution in [3.05, 3.63) is 70.7 Å². The van der Waals surface area contributed by atoms with Gasteiger partial charge in [-0.05, 0) is 55.3 Å². The quantitative estimate of drug-likeness (QED) is 0.321. The van der Waals surface area contributed by atoms with Crippen LogP contribution in [-0.4, -0.2) is 35.6 Å². The molecule has 2 aromatic carbocycles. The number of hydrogen-bond acceptors (Lipinski definition) is 8. The van der Waals surface area contributed by atoms with Crippen molar-refractivity contribution in [3.63, 3.8) is 0 Å². The van der Waals surface area contributed by atoms with Crippen molar-refractivity contribution in [2.24, 2.45) is 5.73 Å². The number of carbonyl (C=O) groups excluding carboxylic acids is 1. The average Bonchev–Trinajstić information content (AvgIpc) is 3.57. The summed E-state index contributed by atoms with van der Waals surface area (Å²) in [4.78, 5) is 13.3. The molecule has 2 atom stereocenters. The van der Waals surface area contributed by atoms with E-state index in [2.05, 4.69) is 34.6 Å². The third kappa shape index (κ3) is 5.27. The lowest BCUT2D eigenvalue weighted by molar-refractivity contribution is 0.141. The van der Waals surface area contributed by atoms with Crippen molar-refractivity contribution in [2.45, 2.75) is 39.0 Å². The van der Waals surface area contributed by atoms with E-state index in [1.165, 1.54) is 0 Å². The summed E-state index contributed by atoms with van der Waals surface area (Å²) in [5, 5.41) is 14.4. The van der Waals surface area contributed by atoms with Crippen LogP contribution in [-0.2, 0) is 16.1 Å². The zero-order valence-electron chi connectivity index (χ0n) is 20.2. The zero-order valence-corrected chi connectivity index (χ0v) is 21.0. The van der Waals surface area contributed by atoms with E-state index in [0.717, 1.165) is 56.1 Å². The van der Waals surface area contributed by atoms with Crippen molar-refractivity contribution < 1.29 is 19.0 Å². The smallest absolute Gasteiger partial charge is 0.404 e. The van der Waals surface area contributed by atoms with Crippen LogP contribution in [0.5, 0.6) is 5.75 Å². The largest absolute Gasteiger partial charge is 0.488 e. The first-order chi connectivity index (χ1) is 17.5. The molecular formula is C27H28N4O4S. The summed E-state index contributed by atoms with van der Waals surface area (Å²) in [5.74, 6) is 1.51. The van der Waals surface area contributed by atoms with Crippen LogP contribution in [0.2, 0.25) is 0 Å². The Morgan fingerprint density at radius 1 is 1.19 bits per heavy atom. The Hall–Kier alpha value is -3.69. The van der Waals surface area contributed by atoms with Gasteiger partial charge in [-0.3, -0.25) is 0 Å². The molecule has 0 spiro atoms. The molecule has 1 fully saturated rings. The predicted molar refractivity (Wildman–Crippen MR) is 140 cm³/mol. The van der Waals surface area contributed by atoms with Crippen molar-refractivity contribution in [1.82, 2.24) is 10.2 Å². The number of hydrogen-bond donors (Lipinski definition) is 2. The van der Waals surface area contributed by atoms with E-state index in [1.54, 1.807) is 11.3 Å². The molecule has 4 aromatic rings. The van der Waals surface area contributed by atoms with Gasteiger partial charge in [-0.15, -0.1) is 16.4 Å². The second-order valence-electron chi connectivity index (χ2n) is 8.78. The van der Waals surface area contributed by atoms with E-state index >= 15 is 0 Å². The maximum Gasteiger partial charge on any atom is 0.404 e. The fraction of sp³-hybridized carbons (Fsp3) is 0.296. The maximum atomic E-state index is 11.1. The van der Waals surface area contributed by atoms with E-state index in [-0.39, 0.29) is 18.8 Å². The number of fused-ring (bicyclic) bond motifs is 1. The van der Waals surface area contributed by atoms with Gasteiger partial charge in [0.1, 0.15) is 18.5 Å². The summed E-state index contributed by atoms with van der Waals surface area (Å²) >= 11 is 1.67. The summed E-state index contributed by atoms with van der Waals surface area (Å²) in [6.45, 7) is 5.54. The molecule has 0 radical (unpaired) electrons. The summed E-state index contributed by atoms with van der Waals surface area (Å²) < 4.78 is 16.6. The predicted octanol–water partition coefficient (Wildman–Crippen LogP) is 5.60. The van der Waals surface area contributed by atoms with Crippen LogP contribution < -0.4 is 15.8 Å². The third-order valence-electron chi connectivity index (χ3n) is 6.19. The molecule has 1 aliphatic heterocycles. The summed E-state index contributed by atoms with van der Waals surface area (Å²) in [5.41, 5.74) is 7.94. The second kappa shape index (κ2) is 10.5. The fourth-order valence-electron chi connectivity index (χ4n) is 4.29. The number of benzene rings is 2. The standard InChI is InChI=1S/C27H28N4O4S/c1-16-21-8-7-19(35-20-11-12-33-15-20)13-23(21)26(31-30-16)29-17(2)24-9-10-25(36-24)22-6-4-3-5-18(22)14-34-27(28)32/h3-10,13,17,20H,11-12,14-15H2,1-2H3,(H2,28,32)(H,29,31)/t17-,20+/m1/s1. The number of amides is 1. The number of thiophene rings is 1. The van der Waals surface area contributed by atoms with Crippen molar-refractivity contribution in [2.75, 3.05) is 18.5 Å². The number of rotatable bonds is 8. The second-order valence-corrected chi connectivity index (χ2v) is 9.89. The van der Waals surface area contributed by atoms with Crippen molar-refractivity contribution in [3.8, 4) is 16.2 Å². The highest BCUT2D eigenvalue weighted by molar-refractivity contribution is 7.15. The molecule has 2 aromatic heterocycles. The molecule has 36 heavy (non-hydrogen) atoms. The van der Waals surface area contributed by atoms with Gasteiger partial charge in [0.15, 0.2) is 5.82 Å². The highest BCUT2D eigenvalue weighted by atomic mass is 32.1. The molecule has 1 saturated heterocycles. The Morgan fingerprint density at radius 2 is 2.06 bits per heavy atom. The molecule has 8 nitrogen and oxygen atoms in total. The number of nitrogens with one attached hydrogen (secondary N) is 1. The van der Waals surface area contributed by atoms with Gasteiger partial charge in [0.2, 0.25) is 0 Å². The molecule has 3 N–H and O–H groups in total. The SMILES string of the molecule is Cc1nnc(N[C@H](C)c2ccc(-c3ccccc3COC(N)=O)s2)c2cc(O[C@H]3CCOC3)ccc12. The van der Waals surface area contributed by atoms with Gasteiger partial charge in [-0.2, -0.15) is 5.10 Å². The van der Waals surface area contributed by atoms with Crippen LogP contribution in [0.15, 0.2) is 54.6 Å². The molecule has 1 aliphatic rings. The van der Waals surface area contributed by atoms with Gasteiger partial charge >= 0.3 is 6.09 Å². The first-order valence-electron chi connectivity index (χ1n) is 11.9. The normalized spacial score (nSPS) is 16.1. The molecule has 0 bridgehead atoms. The highest BCUT2D eigenvalue weighted by Gasteiger charge is 2.19. The van der Waals surface area contributed by atoms with Crippen LogP contribution in [0, 0.1) is 6.92 Å². The zero-order chi connectivity index (χ0) is 25.1. The lowest BCUT2D eigenvalue weighted by Crippen LogP contribution is -2.15. The molecule has 5 rings (SSSR count). The topological polar surface area (TPSA) is 109 Å². The van der Waals surface area contributed by atoms with Gasteiger partial charge in [-0.25, -0.2) is 4.79 Å². The minimum absolute atomic E-state index is 0.00852. The minimum atomic E-state index is -0.786. The van der Waals surface area contributed by atoms with Crippen LogP contribution in [0.1, 0.15) is 35.5 Å². The van der Waals surface area contributed by atoms with Crippen LogP contribution >= 0.6 is 11.3 Å². The number of aromatic nitrogens is 2. The molecule has 1 amide bonds. The van der Waals surface area contributed by atoms with E-state index < -0.39 is 6.09 Å². The van der Waals surface area contributed by atoms with Crippen LogP contribution in [0.3, 0.4) is 0 Å². The Labute approximate surface area is 213 Å². The Bertz CT molecular complexity index is 1380. The molecule has 186 valence electrons. The summed E-state index contributed by atoms with van der Waals surface area (Å²) in [7, 11) is 0. The minimum Gasteiger partial charge on any atom is -0.488 e. The fourth-order valence-corrected chi connectivity index (χ4v) is 5.36. The summed E-state index contributed by atoms with van der Waals surface area (Å²) in [6.07, 6.45) is 0.187. The molecule has 0 aliphatic carbocycles. The van der Waals surface area contributed by atoms with Crippen molar-refractivity contribution in [1.29, 1.82) is 0 Å². The van der Waals surface area contributed by atoms with Gasteiger partial charge in [0.25, 0.3) is 0 Å². The summed E-state index contributed by atoms with van der Waals surface area (Å²) in [6, 6.07) is 18.1. The molecule has 9 heteroatoms. The first-order valence-corrected chi connectivity index (χ1v) is 12.7. The van der Waals surface area contributed by atoms with Crippen LogP contribution in [0.4, 0.5) is 10.6 Å². The average molecular weight is 505 g/mol. The number of aryl methyl sites for hydroxylation is 1. The van der Waals surface area contributed by atoms with Gasteiger partial charge in [0.05, 0.1) is 24.9 Å². The Balaban J connectivity index is 1.38. The van der Waals surface area contributed by atoms with Crippen LogP contribution in [0.25, 0.3) is 21.2 Å². The van der Waals surface area contributed by atoms with E-state index in [4.69, 9.17) is 19.9 Å². The molecule has 0 saturated carbocycles. The highest BCUT2D eigenvalue weighted by Crippen LogP contribution is 2.36. The lowest BCUT2D eigenvalue weighted by Gasteiger charge is -2.17. The number of anilines is 1. The van der Waals surface area contributed by atoms with Gasteiger partial charge in [-0.1, -0.05) is 24.3 Å². The molecule has 3 heterocycles. The Morgan fingerprint density at radius 3 is 2.86 bits per heavy atom. The molecular weight excluding hydrogens is 476 g/mol. The number of ether oxygens (including phenoxy) is 3. The number of primary amides is 1. The lowest BCUT2D eigenvalue weighted by atomic mass is 10.1. The first kappa shape index (κ1) is 24.0. The van der Waals surface area contributed by atoms with Crippen molar-refractivity contribution >= 4 is 34.0 Å². The van der Waals surface area contributed by atoms with Gasteiger partial charge < -0.3 is 25.3 Å². The van der Waals surface area contributed by atoms with Gasteiger partial charge in [0, 0.05) is 26.9 Å².